The molecular formula is C43H26N4. The van der Waals surface area contributed by atoms with E-state index in [-0.39, 0.29) is 0 Å². The van der Waals surface area contributed by atoms with Crippen LogP contribution in [0, 0.1) is 0 Å². The fraction of sp³-hybridized carbons (Fsp3) is 0. The Labute approximate surface area is 268 Å². The van der Waals surface area contributed by atoms with Gasteiger partial charge in [0.05, 0.1) is 44.0 Å². The Morgan fingerprint density at radius 2 is 0.915 bits per heavy atom. The number of para-hydroxylation sites is 6. The van der Waals surface area contributed by atoms with Gasteiger partial charge in [-0.15, -0.1) is 0 Å². The second-order valence-electron chi connectivity index (χ2n) is 12.4. The number of aromatic nitrogens is 4. The first kappa shape index (κ1) is 24.9. The van der Waals surface area contributed by atoms with Gasteiger partial charge < -0.3 is 9.13 Å². The highest BCUT2D eigenvalue weighted by molar-refractivity contribution is 6.29. The highest BCUT2D eigenvalue weighted by atomic mass is 15.0. The van der Waals surface area contributed by atoms with Crippen molar-refractivity contribution in [3.05, 3.63) is 158 Å². The van der Waals surface area contributed by atoms with Crippen LogP contribution in [0.2, 0.25) is 0 Å². The second-order valence-corrected chi connectivity index (χ2v) is 12.4. The van der Waals surface area contributed by atoms with Crippen molar-refractivity contribution in [2.45, 2.75) is 0 Å². The van der Waals surface area contributed by atoms with Crippen LogP contribution in [0.1, 0.15) is 0 Å². The van der Waals surface area contributed by atoms with Crippen molar-refractivity contribution in [2.24, 2.45) is 0 Å². The molecule has 0 aliphatic heterocycles. The molecule has 11 aromatic rings. The van der Waals surface area contributed by atoms with Gasteiger partial charge in [-0.2, -0.15) is 0 Å². The Hall–Kier alpha value is -6.39. The zero-order chi connectivity index (χ0) is 30.6. The van der Waals surface area contributed by atoms with E-state index in [0.29, 0.717) is 0 Å². The fourth-order valence-corrected chi connectivity index (χ4v) is 8.05. The first-order valence-electron chi connectivity index (χ1n) is 16.1. The second kappa shape index (κ2) is 9.09. The molecule has 4 heterocycles. The zero-order valence-corrected chi connectivity index (χ0v) is 25.3. The molecule has 11 rings (SSSR count). The Bertz CT molecular complexity index is 3050. The third kappa shape index (κ3) is 3.23. The van der Waals surface area contributed by atoms with Crippen LogP contribution in [-0.4, -0.2) is 18.5 Å². The first-order chi connectivity index (χ1) is 23.3. The smallest absolute Gasteiger partial charge is 0.148 e. The molecule has 0 bridgehead atoms. The van der Waals surface area contributed by atoms with Crippen LogP contribution in [0.4, 0.5) is 0 Å². The van der Waals surface area contributed by atoms with Crippen LogP contribution in [0.5, 0.6) is 0 Å². The largest absolute Gasteiger partial charge is 0.309 e. The Kier molecular flexibility index (Phi) is 4.81. The van der Waals surface area contributed by atoms with Crippen LogP contribution in [0.15, 0.2) is 158 Å². The molecule has 0 fully saturated rings. The molecule has 0 atom stereocenters. The molecule has 0 aliphatic rings. The molecule has 0 saturated carbocycles. The van der Waals surface area contributed by atoms with Crippen LogP contribution in [0.3, 0.4) is 0 Å². The van der Waals surface area contributed by atoms with Gasteiger partial charge in [-0.1, -0.05) is 97.1 Å². The van der Waals surface area contributed by atoms with Crippen molar-refractivity contribution in [3.8, 4) is 11.4 Å². The standard InChI is InChI=1S/C43H26N4/c1-3-13-27(14-4-1)45-36-20-10-8-18-30(36)33-25-34-31-23-24-32-29-17-7-11-21-37(29)46(28-15-5-2-6-16-28)42(32)41(31)43-44-35-19-9-12-22-38(35)47(43)40(34)26-39(33)45/h1-26H. The summed E-state index contributed by atoms with van der Waals surface area (Å²) in [6, 6.07) is 56.9. The quantitative estimate of drug-likeness (QED) is 0.182. The van der Waals surface area contributed by atoms with Crippen LogP contribution in [-0.2, 0) is 0 Å². The van der Waals surface area contributed by atoms with E-state index in [9.17, 15) is 0 Å². The monoisotopic (exact) mass is 598 g/mol. The lowest BCUT2D eigenvalue weighted by atomic mass is 10.0. The first-order valence-corrected chi connectivity index (χ1v) is 16.1. The topological polar surface area (TPSA) is 27.2 Å². The summed E-state index contributed by atoms with van der Waals surface area (Å²) < 4.78 is 7.22. The van der Waals surface area contributed by atoms with Crippen molar-refractivity contribution in [3.63, 3.8) is 0 Å². The summed E-state index contributed by atoms with van der Waals surface area (Å²) in [6.45, 7) is 0. The number of benzene rings is 7. The zero-order valence-electron chi connectivity index (χ0n) is 25.3. The van der Waals surface area contributed by atoms with E-state index in [0.717, 1.165) is 39.0 Å². The lowest BCUT2D eigenvalue weighted by Crippen LogP contribution is -1.98. The van der Waals surface area contributed by atoms with E-state index in [4.69, 9.17) is 4.98 Å². The lowest BCUT2D eigenvalue weighted by Gasteiger charge is -2.14. The predicted molar refractivity (Wildman–Crippen MR) is 196 cm³/mol. The van der Waals surface area contributed by atoms with Gasteiger partial charge >= 0.3 is 0 Å². The highest BCUT2D eigenvalue weighted by Gasteiger charge is 2.22. The van der Waals surface area contributed by atoms with Gasteiger partial charge in [0, 0.05) is 38.3 Å². The summed E-state index contributed by atoms with van der Waals surface area (Å²) in [6.07, 6.45) is 0. The average molecular weight is 599 g/mol. The highest BCUT2D eigenvalue weighted by Crippen LogP contribution is 2.43. The average Bonchev–Trinajstić information content (AvgIpc) is 3.79. The van der Waals surface area contributed by atoms with Crippen LogP contribution < -0.4 is 0 Å². The van der Waals surface area contributed by atoms with E-state index in [2.05, 4.69) is 171 Å². The number of fused-ring (bicyclic) bond motifs is 15. The minimum atomic E-state index is 0.973. The summed E-state index contributed by atoms with van der Waals surface area (Å²) in [5, 5.41) is 8.54. The molecule has 0 N–H and O–H groups in total. The molecule has 0 amide bonds. The van der Waals surface area contributed by atoms with Gasteiger partial charge in [-0.3, -0.25) is 4.40 Å². The molecule has 47 heavy (non-hydrogen) atoms. The molecule has 4 heteroatoms. The molecule has 0 radical (unpaired) electrons. The number of imidazole rings is 1. The van der Waals surface area contributed by atoms with Crippen molar-refractivity contribution in [1.82, 2.24) is 18.5 Å². The summed E-state index contributed by atoms with van der Waals surface area (Å²) >= 11 is 0. The number of hydrogen-bond acceptors (Lipinski definition) is 1. The van der Waals surface area contributed by atoms with E-state index < -0.39 is 0 Å². The summed E-state index contributed by atoms with van der Waals surface area (Å²) in [7, 11) is 0. The Balaban J connectivity index is 1.43. The number of pyridine rings is 1. The van der Waals surface area contributed by atoms with E-state index in [1.807, 2.05) is 0 Å². The van der Waals surface area contributed by atoms with Gasteiger partial charge in [0.25, 0.3) is 0 Å². The van der Waals surface area contributed by atoms with Gasteiger partial charge in [0.1, 0.15) is 5.65 Å². The molecule has 0 saturated heterocycles. The van der Waals surface area contributed by atoms with Gasteiger partial charge in [-0.05, 0) is 66.0 Å². The van der Waals surface area contributed by atoms with Crippen LogP contribution in [0.25, 0.3) is 93.3 Å². The van der Waals surface area contributed by atoms with Crippen molar-refractivity contribution >= 4 is 82.0 Å². The maximum Gasteiger partial charge on any atom is 0.148 e. The van der Waals surface area contributed by atoms with Crippen LogP contribution >= 0.6 is 0 Å². The van der Waals surface area contributed by atoms with E-state index in [1.165, 1.54) is 54.4 Å². The molecule has 0 aliphatic carbocycles. The molecular weight excluding hydrogens is 573 g/mol. The third-order valence-corrected chi connectivity index (χ3v) is 9.97. The normalized spacial score (nSPS) is 12.3. The summed E-state index contributed by atoms with van der Waals surface area (Å²) in [4.78, 5) is 5.39. The third-order valence-electron chi connectivity index (χ3n) is 9.97. The Morgan fingerprint density at radius 3 is 1.66 bits per heavy atom. The van der Waals surface area contributed by atoms with Crippen molar-refractivity contribution in [2.75, 3.05) is 0 Å². The minimum Gasteiger partial charge on any atom is -0.309 e. The molecule has 0 spiro atoms. The summed E-state index contributed by atoms with van der Waals surface area (Å²) in [5.41, 5.74) is 11.3. The SMILES string of the molecule is c1ccc(-n2c3ccccc3c3cc4c5ccc6c7ccccc7n(-c7ccccc7)c6c5c5nc6ccccc6n5c4cc32)cc1. The number of nitrogens with zero attached hydrogens (tertiary/aromatic N) is 4. The maximum atomic E-state index is 5.39. The van der Waals surface area contributed by atoms with E-state index >= 15 is 0 Å². The van der Waals surface area contributed by atoms with Gasteiger partial charge in [0.15, 0.2) is 0 Å². The Morgan fingerprint density at radius 1 is 0.362 bits per heavy atom. The van der Waals surface area contributed by atoms with Gasteiger partial charge in [-0.25, -0.2) is 4.98 Å². The maximum absolute atomic E-state index is 5.39. The fourth-order valence-electron chi connectivity index (χ4n) is 8.05. The number of rotatable bonds is 2. The van der Waals surface area contributed by atoms with Crippen molar-refractivity contribution < 1.29 is 0 Å². The summed E-state index contributed by atoms with van der Waals surface area (Å²) in [5.74, 6) is 0. The minimum absolute atomic E-state index is 0.973. The van der Waals surface area contributed by atoms with Gasteiger partial charge in [0.2, 0.25) is 0 Å². The molecule has 4 nitrogen and oxygen atoms in total. The molecule has 4 aromatic heterocycles. The van der Waals surface area contributed by atoms with E-state index in [1.54, 1.807) is 0 Å². The molecule has 218 valence electrons. The molecule has 7 aromatic carbocycles. The molecule has 0 unspecified atom stereocenters. The van der Waals surface area contributed by atoms with Crippen molar-refractivity contribution in [1.29, 1.82) is 0 Å². The number of hydrogen-bond donors (Lipinski definition) is 0. The lowest BCUT2D eigenvalue weighted by molar-refractivity contribution is 1.18. The predicted octanol–water partition coefficient (Wildman–Crippen LogP) is 11.0.